The minimum absolute atomic E-state index is 0.0945. The molecule has 168 valence electrons. The van der Waals surface area contributed by atoms with Gasteiger partial charge in [0.15, 0.2) is 4.80 Å². The molecule has 31 heavy (non-hydrogen) atoms. The summed E-state index contributed by atoms with van der Waals surface area (Å²) in [4.78, 5) is 43.5. The molecule has 3 rings (SSSR count). The van der Waals surface area contributed by atoms with E-state index < -0.39 is 5.97 Å². The molecular weight excluding hydrogens is 434 g/mol. The van der Waals surface area contributed by atoms with E-state index >= 15 is 0 Å². The summed E-state index contributed by atoms with van der Waals surface area (Å²) in [6, 6.07) is 5.32. The molecule has 2 heterocycles. The molecule has 2 amide bonds. The molecule has 0 spiro atoms. The van der Waals surface area contributed by atoms with Crippen LogP contribution in [-0.2, 0) is 20.9 Å². The van der Waals surface area contributed by atoms with Gasteiger partial charge in [-0.15, -0.1) is 11.8 Å². The number of thioether (sulfide) groups is 1. The van der Waals surface area contributed by atoms with Gasteiger partial charge in [0.05, 0.1) is 34.4 Å². The lowest BCUT2D eigenvalue weighted by molar-refractivity contribution is -0.130. The third kappa shape index (κ3) is 5.77. The number of aromatic nitrogens is 1. The van der Waals surface area contributed by atoms with E-state index in [1.54, 1.807) is 12.1 Å². The van der Waals surface area contributed by atoms with Gasteiger partial charge in [0.25, 0.3) is 5.91 Å². The van der Waals surface area contributed by atoms with E-state index in [4.69, 9.17) is 4.74 Å². The maximum absolute atomic E-state index is 12.5. The molecule has 9 heteroatoms. The summed E-state index contributed by atoms with van der Waals surface area (Å²) >= 11 is 2.68. The van der Waals surface area contributed by atoms with Crippen molar-refractivity contribution in [2.45, 2.75) is 33.7 Å². The Balaban J connectivity index is 1.66. The fourth-order valence-electron chi connectivity index (χ4n) is 4.03. The molecule has 0 radical (unpaired) electrons. The van der Waals surface area contributed by atoms with Crippen molar-refractivity contribution in [3.63, 3.8) is 0 Å². The van der Waals surface area contributed by atoms with Crippen molar-refractivity contribution in [1.82, 2.24) is 9.47 Å². The number of likely N-dealkylation sites (tertiary alicyclic amines) is 1. The van der Waals surface area contributed by atoms with Gasteiger partial charge in [0, 0.05) is 19.6 Å². The topological polar surface area (TPSA) is 81.0 Å². The lowest BCUT2D eigenvalue weighted by Crippen LogP contribution is -2.43. The Morgan fingerprint density at radius 1 is 1.19 bits per heavy atom. The van der Waals surface area contributed by atoms with Crippen molar-refractivity contribution in [1.29, 1.82) is 0 Å². The van der Waals surface area contributed by atoms with Crippen LogP contribution in [-0.4, -0.2) is 59.0 Å². The maximum Gasteiger partial charge on any atom is 0.337 e. The second-order valence-corrected chi connectivity index (χ2v) is 10.0. The van der Waals surface area contributed by atoms with Gasteiger partial charge in [-0.05, 0) is 43.4 Å². The molecule has 0 N–H and O–H groups in total. The van der Waals surface area contributed by atoms with Crippen LogP contribution in [0.2, 0.25) is 0 Å². The number of esters is 1. The Hall–Kier alpha value is -2.13. The van der Waals surface area contributed by atoms with Crippen LogP contribution in [0.3, 0.4) is 0 Å². The van der Waals surface area contributed by atoms with Gasteiger partial charge in [-0.1, -0.05) is 25.2 Å². The van der Waals surface area contributed by atoms with Crippen molar-refractivity contribution in [2.75, 3.05) is 31.7 Å². The predicted octanol–water partition coefficient (Wildman–Crippen LogP) is 3.17. The SMILES string of the molecule is CCn1c(=NC(=O)CSCC(=O)N2CC(C)CC(C)C2)sc2cc(C(=O)OC)ccc21. The fourth-order valence-corrected chi connectivity index (χ4v) is 5.88. The second-order valence-electron chi connectivity index (χ2n) is 8.05. The molecule has 2 unspecified atom stereocenters. The largest absolute Gasteiger partial charge is 0.465 e. The number of aryl methyl sites for hydroxylation is 1. The quantitative estimate of drug-likeness (QED) is 0.615. The highest BCUT2D eigenvalue weighted by Crippen LogP contribution is 2.22. The summed E-state index contributed by atoms with van der Waals surface area (Å²) in [7, 11) is 1.35. The first-order valence-corrected chi connectivity index (χ1v) is 12.4. The molecular formula is C22H29N3O4S2. The van der Waals surface area contributed by atoms with Crippen LogP contribution in [0.5, 0.6) is 0 Å². The van der Waals surface area contributed by atoms with Crippen molar-refractivity contribution < 1.29 is 19.1 Å². The average molecular weight is 464 g/mol. The molecule has 1 saturated heterocycles. The lowest BCUT2D eigenvalue weighted by Gasteiger charge is -2.35. The Morgan fingerprint density at radius 3 is 2.55 bits per heavy atom. The Morgan fingerprint density at radius 2 is 1.90 bits per heavy atom. The van der Waals surface area contributed by atoms with Crippen LogP contribution in [0, 0.1) is 11.8 Å². The summed E-state index contributed by atoms with van der Waals surface area (Å²) in [6.07, 6.45) is 1.15. The monoisotopic (exact) mass is 463 g/mol. The van der Waals surface area contributed by atoms with Crippen LogP contribution in [0.15, 0.2) is 23.2 Å². The van der Waals surface area contributed by atoms with Gasteiger partial charge in [0.2, 0.25) is 5.91 Å². The number of thiazole rings is 1. The highest BCUT2D eigenvalue weighted by Gasteiger charge is 2.25. The molecule has 1 aliphatic rings. The zero-order valence-corrected chi connectivity index (χ0v) is 20.1. The van der Waals surface area contributed by atoms with E-state index in [-0.39, 0.29) is 17.6 Å². The molecule has 1 aromatic carbocycles. The summed E-state index contributed by atoms with van der Waals surface area (Å²) in [5, 5.41) is 0. The van der Waals surface area contributed by atoms with Crippen molar-refractivity contribution in [3.8, 4) is 0 Å². The molecule has 0 saturated carbocycles. The number of hydrogen-bond acceptors (Lipinski definition) is 6. The molecule has 7 nitrogen and oxygen atoms in total. The van der Waals surface area contributed by atoms with Gasteiger partial charge >= 0.3 is 5.97 Å². The Kier molecular flexibility index (Phi) is 7.94. The van der Waals surface area contributed by atoms with Crippen molar-refractivity contribution in [3.05, 3.63) is 28.6 Å². The average Bonchev–Trinajstić information content (AvgIpc) is 3.08. The third-order valence-corrected chi connectivity index (χ3v) is 7.26. The van der Waals surface area contributed by atoms with E-state index in [0.29, 0.717) is 34.5 Å². The van der Waals surface area contributed by atoms with Crippen molar-refractivity contribution >= 4 is 51.1 Å². The van der Waals surface area contributed by atoms with Crippen LogP contribution < -0.4 is 4.80 Å². The van der Waals surface area contributed by atoms with Crippen LogP contribution in [0.25, 0.3) is 10.2 Å². The molecule has 0 aliphatic carbocycles. The Labute approximate surface area is 190 Å². The molecule has 1 fully saturated rings. The van der Waals surface area contributed by atoms with E-state index in [9.17, 15) is 14.4 Å². The lowest BCUT2D eigenvalue weighted by atomic mass is 9.92. The number of rotatable bonds is 6. The standard InChI is InChI=1S/C22H29N3O4S2/c1-5-25-17-7-6-16(21(28)29-4)9-18(17)31-22(25)23-19(26)12-30-13-20(27)24-10-14(2)8-15(3)11-24/h6-7,9,14-15H,5,8,10-13H2,1-4H3. The van der Waals surface area contributed by atoms with E-state index in [0.717, 1.165) is 29.7 Å². The van der Waals surface area contributed by atoms with E-state index in [1.165, 1.54) is 30.2 Å². The highest BCUT2D eigenvalue weighted by molar-refractivity contribution is 8.00. The van der Waals surface area contributed by atoms with Gasteiger partial charge in [-0.3, -0.25) is 9.59 Å². The number of carbonyl (C=O) groups is 3. The Bertz CT molecular complexity index is 1030. The number of hydrogen-bond donors (Lipinski definition) is 0. The normalized spacial score (nSPS) is 19.6. The molecule has 2 aromatic rings. The molecule has 2 atom stereocenters. The summed E-state index contributed by atoms with van der Waals surface area (Å²) < 4.78 is 7.60. The van der Waals surface area contributed by atoms with Crippen LogP contribution >= 0.6 is 23.1 Å². The smallest absolute Gasteiger partial charge is 0.337 e. The zero-order valence-electron chi connectivity index (χ0n) is 18.4. The number of benzene rings is 1. The first kappa shape index (κ1) is 23.5. The van der Waals surface area contributed by atoms with E-state index in [1.807, 2.05) is 22.5 Å². The second kappa shape index (κ2) is 10.5. The zero-order chi connectivity index (χ0) is 22.5. The highest BCUT2D eigenvalue weighted by atomic mass is 32.2. The number of piperidine rings is 1. The number of ether oxygens (including phenoxy) is 1. The van der Waals surface area contributed by atoms with Crippen LogP contribution in [0.4, 0.5) is 0 Å². The van der Waals surface area contributed by atoms with Gasteiger partial charge in [0.1, 0.15) is 0 Å². The molecule has 1 aliphatic heterocycles. The van der Waals surface area contributed by atoms with E-state index in [2.05, 4.69) is 18.8 Å². The number of carbonyl (C=O) groups excluding carboxylic acids is 3. The first-order valence-electron chi connectivity index (χ1n) is 10.5. The predicted molar refractivity (Wildman–Crippen MR) is 124 cm³/mol. The van der Waals surface area contributed by atoms with Gasteiger partial charge in [-0.2, -0.15) is 4.99 Å². The third-order valence-electron chi connectivity index (χ3n) is 5.31. The summed E-state index contributed by atoms with van der Waals surface area (Å²) in [6.45, 7) is 8.58. The summed E-state index contributed by atoms with van der Waals surface area (Å²) in [5.74, 6) is 0.931. The number of fused-ring (bicyclic) bond motifs is 1. The number of nitrogens with zero attached hydrogens (tertiary/aromatic N) is 3. The van der Waals surface area contributed by atoms with Gasteiger partial charge in [-0.25, -0.2) is 4.79 Å². The van der Waals surface area contributed by atoms with Gasteiger partial charge < -0.3 is 14.2 Å². The van der Waals surface area contributed by atoms with Crippen LogP contribution in [0.1, 0.15) is 37.6 Å². The molecule has 1 aromatic heterocycles. The minimum atomic E-state index is -0.397. The molecule has 0 bridgehead atoms. The fraction of sp³-hybridized carbons (Fsp3) is 0.545. The number of methoxy groups -OCH3 is 1. The first-order chi connectivity index (χ1) is 14.8. The van der Waals surface area contributed by atoms with Crippen molar-refractivity contribution in [2.24, 2.45) is 16.8 Å². The minimum Gasteiger partial charge on any atom is -0.465 e. The summed E-state index contributed by atoms with van der Waals surface area (Å²) in [5.41, 5.74) is 1.38. The maximum atomic E-state index is 12.5. The number of amides is 2.